The van der Waals surface area contributed by atoms with E-state index in [0.717, 1.165) is 11.3 Å². The van der Waals surface area contributed by atoms with Gasteiger partial charge in [-0.2, -0.15) is 0 Å². The lowest BCUT2D eigenvalue weighted by Crippen LogP contribution is -2.25. The van der Waals surface area contributed by atoms with Crippen molar-refractivity contribution in [3.05, 3.63) is 22.4 Å². The molecule has 0 aliphatic carbocycles. The molecule has 0 N–H and O–H groups in total. The van der Waals surface area contributed by atoms with Crippen LogP contribution in [-0.2, 0) is 9.59 Å². The van der Waals surface area contributed by atoms with E-state index < -0.39 is 0 Å². The van der Waals surface area contributed by atoms with Gasteiger partial charge in [0, 0.05) is 31.3 Å². The van der Waals surface area contributed by atoms with Crippen molar-refractivity contribution in [3.8, 4) is 0 Å². The summed E-state index contributed by atoms with van der Waals surface area (Å²) in [4.78, 5) is 29.0. The maximum Gasteiger partial charge on any atom is 0.228 e. The molecule has 0 aromatic carbocycles. The van der Waals surface area contributed by atoms with Gasteiger partial charge in [0.1, 0.15) is 4.60 Å². The Morgan fingerprint density at radius 2 is 2.33 bits per heavy atom. The molecular formula is C12H13BrN2O2S. The topological polar surface area (TPSA) is 50.3 Å². The molecule has 6 heteroatoms. The van der Waals surface area contributed by atoms with Crippen LogP contribution in [0.1, 0.15) is 18.9 Å². The number of carbonyl (C=O) groups is 2. The molecule has 2 rings (SSSR count). The number of hydrogen-bond acceptors (Lipinski definition) is 4. The number of carbonyl (C=O) groups excluding carboxylic acids is 2. The molecule has 1 amide bonds. The fourth-order valence-corrected chi connectivity index (χ4v) is 3.30. The molecule has 1 aliphatic rings. The minimum absolute atomic E-state index is 0.0434. The van der Waals surface area contributed by atoms with E-state index in [9.17, 15) is 9.59 Å². The SMILES string of the molecule is CC(=O)SC1CC(=O)N(c2cc(C)cnc2Br)C1. The Labute approximate surface area is 118 Å². The highest BCUT2D eigenvalue weighted by Gasteiger charge is 2.33. The summed E-state index contributed by atoms with van der Waals surface area (Å²) in [6, 6.07) is 1.93. The maximum atomic E-state index is 12.0. The van der Waals surface area contributed by atoms with Crippen LogP contribution in [0.4, 0.5) is 5.69 Å². The molecule has 18 heavy (non-hydrogen) atoms. The van der Waals surface area contributed by atoms with Crippen LogP contribution in [0.5, 0.6) is 0 Å². The van der Waals surface area contributed by atoms with Gasteiger partial charge in [-0.3, -0.25) is 9.59 Å². The Hall–Kier alpha value is -0.880. The Balaban J connectivity index is 2.21. The van der Waals surface area contributed by atoms with Crippen LogP contribution in [0.3, 0.4) is 0 Å². The number of hydrogen-bond donors (Lipinski definition) is 0. The molecule has 96 valence electrons. The van der Waals surface area contributed by atoms with Crippen LogP contribution in [0.15, 0.2) is 16.9 Å². The number of anilines is 1. The molecule has 4 nitrogen and oxygen atoms in total. The first-order valence-electron chi connectivity index (χ1n) is 5.57. The highest BCUT2D eigenvalue weighted by molar-refractivity contribution is 9.10. The van der Waals surface area contributed by atoms with Crippen molar-refractivity contribution in [2.45, 2.75) is 25.5 Å². The molecular weight excluding hydrogens is 316 g/mol. The van der Waals surface area contributed by atoms with E-state index >= 15 is 0 Å². The van der Waals surface area contributed by atoms with Gasteiger partial charge in [-0.1, -0.05) is 11.8 Å². The smallest absolute Gasteiger partial charge is 0.228 e. The largest absolute Gasteiger partial charge is 0.309 e. The van der Waals surface area contributed by atoms with Crippen molar-refractivity contribution in [3.63, 3.8) is 0 Å². The highest BCUT2D eigenvalue weighted by atomic mass is 79.9. The average Bonchev–Trinajstić information content (AvgIpc) is 2.62. The number of halogens is 1. The van der Waals surface area contributed by atoms with Gasteiger partial charge in [-0.05, 0) is 34.5 Å². The first-order chi connectivity index (χ1) is 8.47. The molecule has 0 saturated carbocycles. The molecule has 1 fully saturated rings. The maximum absolute atomic E-state index is 12.0. The van der Waals surface area contributed by atoms with Crippen molar-refractivity contribution in [1.82, 2.24) is 4.98 Å². The van der Waals surface area contributed by atoms with E-state index in [4.69, 9.17) is 0 Å². The number of aryl methyl sites for hydroxylation is 1. The standard InChI is InChI=1S/C12H13BrN2O2S/c1-7-3-10(12(13)14-5-7)15-6-9(4-11(15)17)18-8(2)16/h3,5,9H,4,6H2,1-2H3. The Morgan fingerprint density at radius 3 is 3.00 bits per heavy atom. The van der Waals surface area contributed by atoms with Crippen LogP contribution in [0.25, 0.3) is 0 Å². The lowest BCUT2D eigenvalue weighted by Gasteiger charge is -2.18. The van der Waals surface area contributed by atoms with Crippen LogP contribution >= 0.6 is 27.7 Å². The van der Waals surface area contributed by atoms with Gasteiger partial charge in [0.05, 0.1) is 5.69 Å². The molecule has 0 bridgehead atoms. The zero-order chi connectivity index (χ0) is 13.3. The third kappa shape index (κ3) is 2.92. The van der Waals surface area contributed by atoms with E-state index in [-0.39, 0.29) is 16.3 Å². The van der Waals surface area contributed by atoms with Gasteiger partial charge in [-0.25, -0.2) is 4.98 Å². The summed E-state index contributed by atoms with van der Waals surface area (Å²) in [5, 5.41) is 0.0958. The Morgan fingerprint density at radius 1 is 1.61 bits per heavy atom. The highest BCUT2D eigenvalue weighted by Crippen LogP contribution is 2.32. The van der Waals surface area contributed by atoms with E-state index in [1.807, 2.05) is 13.0 Å². The molecule has 1 unspecified atom stereocenters. The number of rotatable bonds is 2. The summed E-state index contributed by atoms with van der Waals surface area (Å²) in [5.41, 5.74) is 1.79. The monoisotopic (exact) mass is 328 g/mol. The van der Waals surface area contributed by atoms with Gasteiger partial charge in [-0.15, -0.1) is 0 Å². The quantitative estimate of drug-likeness (QED) is 0.783. The minimum Gasteiger partial charge on any atom is -0.309 e. The Kier molecular flexibility index (Phi) is 4.07. The number of pyridine rings is 1. The van der Waals surface area contributed by atoms with Crippen LogP contribution in [0.2, 0.25) is 0 Å². The summed E-state index contributed by atoms with van der Waals surface area (Å²) >= 11 is 4.60. The van der Waals surface area contributed by atoms with Crippen LogP contribution in [-0.4, -0.2) is 27.8 Å². The summed E-state index contributed by atoms with van der Waals surface area (Å²) < 4.78 is 0.662. The summed E-state index contributed by atoms with van der Waals surface area (Å²) in [7, 11) is 0. The number of aromatic nitrogens is 1. The predicted molar refractivity (Wildman–Crippen MR) is 75.7 cm³/mol. The molecule has 2 heterocycles. The molecule has 1 aromatic rings. The second kappa shape index (κ2) is 5.40. The lowest BCUT2D eigenvalue weighted by molar-refractivity contribution is -0.117. The number of amides is 1. The summed E-state index contributed by atoms with van der Waals surface area (Å²) in [5.74, 6) is 0.0434. The van der Waals surface area contributed by atoms with Gasteiger partial charge in [0.15, 0.2) is 5.12 Å². The zero-order valence-electron chi connectivity index (χ0n) is 10.1. The van der Waals surface area contributed by atoms with Crippen molar-refractivity contribution >= 4 is 44.4 Å². The molecule has 1 atom stereocenters. The number of nitrogens with zero attached hydrogens (tertiary/aromatic N) is 2. The molecule has 0 radical (unpaired) electrons. The summed E-state index contributed by atoms with van der Waals surface area (Å²) in [6.45, 7) is 4.03. The van der Waals surface area contributed by atoms with Gasteiger partial charge >= 0.3 is 0 Å². The average molecular weight is 329 g/mol. The zero-order valence-corrected chi connectivity index (χ0v) is 12.5. The lowest BCUT2D eigenvalue weighted by atomic mass is 10.3. The Bertz CT molecular complexity index is 507. The fraction of sp³-hybridized carbons (Fsp3) is 0.417. The van der Waals surface area contributed by atoms with E-state index in [2.05, 4.69) is 20.9 Å². The van der Waals surface area contributed by atoms with Gasteiger partial charge in [0.2, 0.25) is 5.91 Å². The second-order valence-electron chi connectivity index (χ2n) is 4.26. The van der Waals surface area contributed by atoms with E-state index in [1.165, 1.54) is 18.7 Å². The molecule has 0 spiro atoms. The van der Waals surface area contributed by atoms with Gasteiger partial charge in [0.25, 0.3) is 0 Å². The van der Waals surface area contributed by atoms with Crippen molar-refractivity contribution < 1.29 is 9.59 Å². The molecule has 1 aliphatic heterocycles. The first-order valence-corrected chi connectivity index (χ1v) is 7.24. The minimum atomic E-state index is 0.0434. The van der Waals surface area contributed by atoms with E-state index in [0.29, 0.717) is 17.6 Å². The fourth-order valence-electron chi connectivity index (χ4n) is 1.95. The van der Waals surface area contributed by atoms with Crippen LogP contribution < -0.4 is 4.90 Å². The number of thioether (sulfide) groups is 1. The predicted octanol–water partition coefficient (Wildman–Crippen LogP) is 2.54. The third-order valence-corrected chi connectivity index (χ3v) is 4.26. The summed E-state index contributed by atoms with van der Waals surface area (Å²) in [6.07, 6.45) is 2.15. The normalized spacial score (nSPS) is 19.4. The van der Waals surface area contributed by atoms with Gasteiger partial charge < -0.3 is 4.90 Å². The third-order valence-electron chi connectivity index (χ3n) is 2.67. The van der Waals surface area contributed by atoms with Crippen molar-refractivity contribution in [1.29, 1.82) is 0 Å². The van der Waals surface area contributed by atoms with Crippen LogP contribution in [0, 0.1) is 6.92 Å². The molecule has 1 saturated heterocycles. The molecule has 1 aromatic heterocycles. The van der Waals surface area contributed by atoms with E-state index in [1.54, 1.807) is 11.1 Å². The second-order valence-corrected chi connectivity index (χ2v) is 6.49. The van der Waals surface area contributed by atoms with Crippen molar-refractivity contribution in [2.75, 3.05) is 11.4 Å². The van der Waals surface area contributed by atoms with Crippen molar-refractivity contribution in [2.24, 2.45) is 0 Å². The first kappa shape index (κ1) is 13.5.